The number of aliphatic hydroxyl groups is 1. The maximum Gasteiger partial charge on any atom is 0.433 e. The number of anilines is 1. The molecular formula is C12H14F3N3O3. The molecule has 1 unspecified atom stereocenters. The molecular weight excluding hydrogens is 291 g/mol. The van der Waals surface area contributed by atoms with Crippen molar-refractivity contribution in [3.63, 3.8) is 0 Å². The minimum atomic E-state index is -4.66. The van der Waals surface area contributed by atoms with Crippen molar-refractivity contribution in [2.75, 3.05) is 24.6 Å². The van der Waals surface area contributed by atoms with Gasteiger partial charge in [0.25, 0.3) is 0 Å². The number of nitro groups is 1. The number of piperidine rings is 1. The van der Waals surface area contributed by atoms with Gasteiger partial charge in [-0.05, 0) is 24.8 Å². The van der Waals surface area contributed by atoms with Gasteiger partial charge in [0.15, 0.2) is 0 Å². The maximum atomic E-state index is 12.7. The zero-order chi connectivity index (χ0) is 15.6. The first-order chi connectivity index (χ1) is 9.82. The molecule has 0 aliphatic carbocycles. The molecule has 6 nitrogen and oxygen atoms in total. The number of pyridine rings is 1. The molecule has 0 aromatic carbocycles. The van der Waals surface area contributed by atoms with Gasteiger partial charge in [-0.25, -0.2) is 4.98 Å². The molecule has 1 fully saturated rings. The highest BCUT2D eigenvalue weighted by atomic mass is 19.4. The van der Waals surface area contributed by atoms with Crippen molar-refractivity contribution in [2.24, 2.45) is 5.92 Å². The van der Waals surface area contributed by atoms with Gasteiger partial charge in [0.05, 0.1) is 4.92 Å². The average Bonchev–Trinajstić information content (AvgIpc) is 2.45. The first-order valence-corrected chi connectivity index (χ1v) is 6.40. The predicted octanol–water partition coefficient (Wildman–Crippen LogP) is 2.22. The van der Waals surface area contributed by atoms with Crippen LogP contribution in [-0.4, -0.2) is 34.7 Å². The second kappa shape index (κ2) is 5.84. The Bertz CT molecular complexity index is 536. The number of aliphatic hydroxyl groups excluding tert-OH is 1. The third-order valence-electron chi connectivity index (χ3n) is 3.47. The first kappa shape index (κ1) is 15.5. The minimum Gasteiger partial charge on any atom is -0.396 e. The Morgan fingerprint density at radius 1 is 1.52 bits per heavy atom. The molecule has 0 amide bonds. The zero-order valence-electron chi connectivity index (χ0n) is 11.0. The minimum absolute atomic E-state index is 0.0957. The molecule has 2 rings (SSSR count). The summed E-state index contributed by atoms with van der Waals surface area (Å²) in [6.07, 6.45) is -2.61. The molecule has 0 spiro atoms. The molecule has 9 heteroatoms. The summed E-state index contributed by atoms with van der Waals surface area (Å²) in [5.74, 6) is -0.0964. The topological polar surface area (TPSA) is 79.5 Å². The lowest BCUT2D eigenvalue weighted by atomic mass is 9.98. The number of hydrogen-bond acceptors (Lipinski definition) is 5. The largest absolute Gasteiger partial charge is 0.433 e. The van der Waals surface area contributed by atoms with Crippen LogP contribution in [0.1, 0.15) is 18.5 Å². The SMILES string of the molecule is O=[N+]([O-])c1cnc(C(F)(F)F)cc1N1CCCC(CO)C1. The summed E-state index contributed by atoms with van der Waals surface area (Å²) in [5.41, 5.74) is -1.71. The fourth-order valence-electron chi connectivity index (χ4n) is 2.42. The summed E-state index contributed by atoms with van der Waals surface area (Å²) in [7, 11) is 0. The second-order valence-corrected chi connectivity index (χ2v) is 4.95. The van der Waals surface area contributed by atoms with Crippen LogP contribution >= 0.6 is 0 Å². The Balaban J connectivity index is 2.41. The molecule has 0 bridgehead atoms. The van der Waals surface area contributed by atoms with Crippen LogP contribution in [-0.2, 0) is 6.18 Å². The molecule has 21 heavy (non-hydrogen) atoms. The molecule has 2 heterocycles. The lowest BCUT2D eigenvalue weighted by molar-refractivity contribution is -0.384. The lowest BCUT2D eigenvalue weighted by Gasteiger charge is -2.33. The van der Waals surface area contributed by atoms with E-state index in [0.717, 1.165) is 6.42 Å². The Hall–Kier alpha value is -1.90. The third-order valence-corrected chi connectivity index (χ3v) is 3.47. The summed E-state index contributed by atoms with van der Waals surface area (Å²) in [6, 6.07) is 0.706. The first-order valence-electron chi connectivity index (χ1n) is 6.40. The summed E-state index contributed by atoms with van der Waals surface area (Å²) < 4.78 is 38.2. The Morgan fingerprint density at radius 3 is 2.81 bits per heavy atom. The van der Waals surface area contributed by atoms with Gasteiger partial charge in [-0.1, -0.05) is 0 Å². The summed E-state index contributed by atoms with van der Waals surface area (Å²) in [4.78, 5) is 14.9. The van der Waals surface area contributed by atoms with Crippen molar-refractivity contribution in [1.29, 1.82) is 0 Å². The number of nitrogens with zero attached hydrogens (tertiary/aromatic N) is 3. The quantitative estimate of drug-likeness (QED) is 0.684. The number of rotatable bonds is 3. The maximum absolute atomic E-state index is 12.7. The van der Waals surface area contributed by atoms with Crippen LogP contribution in [0.5, 0.6) is 0 Å². The van der Waals surface area contributed by atoms with Crippen molar-refractivity contribution in [3.8, 4) is 0 Å². The molecule has 1 N–H and O–H groups in total. The molecule has 1 aromatic rings. The van der Waals surface area contributed by atoms with Gasteiger partial charge >= 0.3 is 11.9 Å². The fraction of sp³-hybridized carbons (Fsp3) is 0.583. The van der Waals surface area contributed by atoms with E-state index >= 15 is 0 Å². The van der Waals surface area contributed by atoms with E-state index in [2.05, 4.69) is 4.98 Å². The standard InChI is InChI=1S/C12H14F3N3O3/c13-12(14,15)11-4-9(10(5-16-11)18(20)21)17-3-1-2-8(6-17)7-19/h4-5,8,19H,1-3,6-7H2. The number of aromatic nitrogens is 1. The smallest absolute Gasteiger partial charge is 0.396 e. The number of alkyl halides is 3. The van der Waals surface area contributed by atoms with Crippen molar-refractivity contribution in [2.45, 2.75) is 19.0 Å². The molecule has 1 aliphatic rings. The van der Waals surface area contributed by atoms with Crippen LogP contribution in [0.4, 0.5) is 24.5 Å². The molecule has 116 valence electrons. The van der Waals surface area contributed by atoms with E-state index in [1.54, 1.807) is 0 Å². The van der Waals surface area contributed by atoms with Crippen LogP contribution in [0.3, 0.4) is 0 Å². The fourth-order valence-corrected chi connectivity index (χ4v) is 2.42. The Labute approximate surface area is 118 Å². The Kier molecular flexibility index (Phi) is 4.31. The van der Waals surface area contributed by atoms with E-state index in [4.69, 9.17) is 5.11 Å². The van der Waals surface area contributed by atoms with Crippen LogP contribution in [0.15, 0.2) is 12.3 Å². The van der Waals surface area contributed by atoms with E-state index in [-0.39, 0.29) is 18.2 Å². The predicted molar refractivity (Wildman–Crippen MR) is 67.9 cm³/mol. The van der Waals surface area contributed by atoms with Gasteiger partial charge in [-0.3, -0.25) is 10.1 Å². The summed E-state index contributed by atoms with van der Waals surface area (Å²) >= 11 is 0. The molecule has 1 saturated heterocycles. The Morgan fingerprint density at radius 2 is 2.24 bits per heavy atom. The molecule has 0 saturated carbocycles. The van der Waals surface area contributed by atoms with Gasteiger partial charge in [0.1, 0.15) is 17.6 Å². The summed E-state index contributed by atoms with van der Waals surface area (Å²) in [6.45, 7) is 0.610. The van der Waals surface area contributed by atoms with Gasteiger partial charge in [-0.15, -0.1) is 0 Å². The van der Waals surface area contributed by atoms with Crippen molar-refractivity contribution in [1.82, 2.24) is 4.98 Å². The van der Waals surface area contributed by atoms with E-state index in [1.165, 1.54) is 4.90 Å². The average molecular weight is 305 g/mol. The molecule has 1 atom stereocenters. The van der Waals surface area contributed by atoms with Gasteiger partial charge in [0, 0.05) is 19.7 Å². The van der Waals surface area contributed by atoms with Crippen LogP contribution < -0.4 is 4.90 Å². The van der Waals surface area contributed by atoms with Crippen molar-refractivity contribution < 1.29 is 23.2 Å². The van der Waals surface area contributed by atoms with Crippen LogP contribution in [0.2, 0.25) is 0 Å². The van der Waals surface area contributed by atoms with E-state index in [1.807, 2.05) is 0 Å². The lowest BCUT2D eigenvalue weighted by Crippen LogP contribution is -2.37. The highest BCUT2D eigenvalue weighted by molar-refractivity contribution is 5.63. The van der Waals surface area contributed by atoms with Gasteiger partial charge < -0.3 is 10.0 Å². The normalized spacial score (nSPS) is 19.6. The van der Waals surface area contributed by atoms with E-state index < -0.39 is 22.5 Å². The molecule has 1 aromatic heterocycles. The van der Waals surface area contributed by atoms with Crippen molar-refractivity contribution >= 4 is 11.4 Å². The molecule has 1 aliphatic heterocycles. The van der Waals surface area contributed by atoms with E-state index in [9.17, 15) is 23.3 Å². The highest BCUT2D eigenvalue weighted by Gasteiger charge is 2.35. The van der Waals surface area contributed by atoms with E-state index in [0.29, 0.717) is 31.8 Å². The highest BCUT2D eigenvalue weighted by Crippen LogP contribution is 2.36. The monoisotopic (exact) mass is 305 g/mol. The zero-order valence-corrected chi connectivity index (χ0v) is 11.0. The van der Waals surface area contributed by atoms with Crippen LogP contribution in [0.25, 0.3) is 0 Å². The van der Waals surface area contributed by atoms with Crippen molar-refractivity contribution in [3.05, 3.63) is 28.1 Å². The summed E-state index contributed by atoms with van der Waals surface area (Å²) in [5, 5.41) is 20.1. The second-order valence-electron chi connectivity index (χ2n) is 4.95. The third kappa shape index (κ3) is 3.41. The van der Waals surface area contributed by atoms with Gasteiger partial charge in [-0.2, -0.15) is 13.2 Å². The number of halogens is 3. The number of hydrogen-bond donors (Lipinski definition) is 1. The van der Waals surface area contributed by atoms with Crippen LogP contribution in [0, 0.1) is 16.0 Å². The van der Waals surface area contributed by atoms with Gasteiger partial charge in [0.2, 0.25) is 0 Å². The molecule has 0 radical (unpaired) electrons.